The number of nitrogens with one attached hydrogen (secondary N) is 2. The Kier molecular flexibility index (Phi) is 3.83. The van der Waals surface area contributed by atoms with Gasteiger partial charge in [-0.05, 0) is 35.9 Å². The lowest BCUT2D eigenvalue weighted by Crippen LogP contribution is -1.86. The maximum Gasteiger partial charge on any atom is 0.131 e. The summed E-state index contributed by atoms with van der Waals surface area (Å²) in [5.74, 6) is 0.867. The molecular formula is C18H17N3. The van der Waals surface area contributed by atoms with E-state index in [1.807, 2.05) is 49.5 Å². The Hall–Kier alpha value is -2.81. The molecule has 0 radical (unpaired) electrons. The Morgan fingerprint density at radius 2 is 1.71 bits per heavy atom. The number of aromatic amines is 1. The fourth-order valence-electron chi connectivity index (χ4n) is 2.13. The van der Waals surface area contributed by atoms with E-state index in [9.17, 15) is 0 Å². The van der Waals surface area contributed by atoms with E-state index in [0.29, 0.717) is 0 Å². The molecule has 2 aromatic carbocycles. The number of anilines is 1. The Balaban J connectivity index is 1.69. The summed E-state index contributed by atoms with van der Waals surface area (Å²) in [5, 5.41) is 3.11. The molecule has 0 aliphatic carbocycles. The van der Waals surface area contributed by atoms with Crippen LogP contribution in [0.15, 0.2) is 60.7 Å². The molecule has 0 saturated heterocycles. The van der Waals surface area contributed by atoms with E-state index in [4.69, 9.17) is 0 Å². The first kappa shape index (κ1) is 13.2. The number of nitrogens with zero attached hydrogens (tertiary/aromatic N) is 1. The van der Waals surface area contributed by atoms with Crippen LogP contribution in [-0.4, -0.2) is 17.0 Å². The first-order chi connectivity index (χ1) is 10.3. The number of fused-ring (bicyclic) bond motifs is 1. The van der Waals surface area contributed by atoms with E-state index in [1.165, 1.54) is 5.56 Å². The Morgan fingerprint density at radius 3 is 2.48 bits per heavy atom. The van der Waals surface area contributed by atoms with Gasteiger partial charge >= 0.3 is 0 Å². The number of benzene rings is 2. The van der Waals surface area contributed by atoms with Crippen LogP contribution in [0.1, 0.15) is 11.4 Å². The molecule has 21 heavy (non-hydrogen) atoms. The number of allylic oxidation sites excluding steroid dienone is 2. The highest BCUT2D eigenvalue weighted by atomic mass is 14.9. The van der Waals surface area contributed by atoms with Gasteiger partial charge in [-0.3, -0.25) is 0 Å². The van der Waals surface area contributed by atoms with Crippen molar-refractivity contribution in [1.82, 2.24) is 9.97 Å². The van der Waals surface area contributed by atoms with Crippen molar-refractivity contribution in [3.05, 3.63) is 72.1 Å². The molecule has 3 heteroatoms. The Labute approximate surface area is 124 Å². The lowest BCUT2D eigenvalue weighted by atomic mass is 10.2. The molecule has 0 fully saturated rings. The summed E-state index contributed by atoms with van der Waals surface area (Å²) in [6.45, 7) is 0. The number of imidazole rings is 1. The zero-order valence-corrected chi connectivity index (χ0v) is 11.9. The third kappa shape index (κ3) is 3.20. The predicted molar refractivity (Wildman–Crippen MR) is 90.2 cm³/mol. The van der Waals surface area contributed by atoms with Gasteiger partial charge in [-0.25, -0.2) is 4.98 Å². The third-order valence-corrected chi connectivity index (χ3v) is 3.26. The largest absolute Gasteiger partial charge is 0.388 e. The van der Waals surface area contributed by atoms with Gasteiger partial charge in [-0.1, -0.05) is 42.5 Å². The van der Waals surface area contributed by atoms with Crippen molar-refractivity contribution in [3.63, 3.8) is 0 Å². The van der Waals surface area contributed by atoms with Crippen LogP contribution in [0.4, 0.5) is 5.69 Å². The normalized spacial score (nSPS) is 11.7. The average Bonchev–Trinajstić information content (AvgIpc) is 2.95. The molecular weight excluding hydrogens is 258 g/mol. The van der Waals surface area contributed by atoms with Gasteiger partial charge in [0, 0.05) is 12.7 Å². The Bertz CT molecular complexity index is 747. The van der Waals surface area contributed by atoms with Gasteiger partial charge in [0.05, 0.1) is 11.0 Å². The number of para-hydroxylation sites is 2. The second-order valence-electron chi connectivity index (χ2n) is 4.73. The first-order valence-corrected chi connectivity index (χ1v) is 6.92. The number of H-pyrrole nitrogens is 1. The van der Waals surface area contributed by atoms with Crippen LogP contribution in [-0.2, 0) is 0 Å². The van der Waals surface area contributed by atoms with E-state index in [0.717, 1.165) is 22.5 Å². The zero-order chi connectivity index (χ0) is 14.5. The number of aromatic nitrogens is 2. The molecule has 0 spiro atoms. The topological polar surface area (TPSA) is 40.7 Å². The summed E-state index contributed by atoms with van der Waals surface area (Å²) in [6, 6.07) is 16.3. The van der Waals surface area contributed by atoms with E-state index in [-0.39, 0.29) is 0 Å². The number of rotatable bonds is 4. The summed E-state index contributed by atoms with van der Waals surface area (Å²) < 4.78 is 0. The standard InChI is InChI=1S/C18H17N3/c1-19-15-12-10-14(11-13-15)6-2-5-9-18-20-16-7-3-4-8-17(16)21-18/h2-13,19H,1H3,(H,20,21)/b6-2+,9-5+. The van der Waals surface area contributed by atoms with E-state index >= 15 is 0 Å². The third-order valence-electron chi connectivity index (χ3n) is 3.26. The monoisotopic (exact) mass is 275 g/mol. The first-order valence-electron chi connectivity index (χ1n) is 6.92. The minimum absolute atomic E-state index is 0.867. The van der Waals surface area contributed by atoms with Crippen LogP contribution in [0.2, 0.25) is 0 Å². The molecule has 104 valence electrons. The molecule has 1 heterocycles. The molecule has 3 aromatic rings. The van der Waals surface area contributed by atoms with Gasteiger partial charge in [0.15, 0.2) is 0 Å². The minimum atomic E-state index is 0.867. The summed E-state index contributed by atoms with van der Waals surface area (Å²) in [6.07, 6.45) is 8.04. The van der Waals surface area contributed by atoms with E-state index < -0.39 is 0 Å². The van der Waals surface area contributed by atoms with Crippen molar-refractivity contribution >= 4 is 28.9 Å². The fourth-order valence-corrected chi connectivity index (χ4v) is 2.13. The average molecular weight is 275 g/mol. The second-order valence-corrected chi connectivity index (χ2v) is 4.73. The predicted octanol–water partition coefficient (Wildman–Crippen LogP) is 4.33. The highest BCUT2D eigenvalue weighted by Gasteiger charge is 1.96. The van der Waals surface area contributed by atoms with Crippen LogP contribution < -0.4 is 5.32 Å². The highest BCUT2D eigenvalue weighted by Crippen LogP contribution is 2.12. The maximum atomic E-state index is 4.50. The van der Waals surface area contributed by atoms with Gasteiger partial charge < -0.3 is 10.3 Å². The molecule has 3 nitrogen and oxygen atoms in total. The minimum Gasteiger partial charge on any atom is -0.388 e. The zero-order valence-electron chi connectivity index (χ0n) is 11.9. The van der Waals surface area contributed by atoms with Crippen molar-refractivity contribution in [2.45, 2.75) is 0 Å². The molecule has 2 N–H and O–H groups in total. The molecule has 0 saturated carbocycles. The smallest absolute Gasteiger partial charge is 0.131 e. The fraction of sp³-hybridized carbons (Fsp3) is 0.0556. The van der Waals surface area contributed by atoms with Crippen molar-refractivity contribution < 1.29 is 0 Å². The summed E-state index contributed by atoms with van der Waals surface area (Å²) in [7, 11) is 1.92. The SMILES string of the molecule is CNc1ccc(/C=C/C=C/c2nc3ccccc3[nH]2)cc1. The second kappa shape index (κ2) is 6.09. The van der Waals surface area contributed by atoms with Crippen molar-refractivity contribution in [1.29, 1.82) is 0 Å². The lowest BCUT2D eigenvalue weighted by Gasteiger charge is -1.98. The molecule has 0 amide bonds. The number of hydrogen-bond donors (Lipinski definition) is 2. The van der Waals surface area contributed by atoms with Gasteiger partial charge in [0.1, 0.15) is 5.82 Å². The van der Waals surface area contributed by atoms with Crippen molar-refractivity contribution in [3.8, 4) is 0 Å². The molecule has 0 aliphatic rings. The molecule has 1 aromatic heterocycles. The summed E-state index contributed by atoms with van der Waals surface area (Å²) in [5.41, 5.74) is 4.33. The van der Waals surface area contributed by atoms with Crippen molar-refractivity contribution in [2.75, 3.05) is 12.4 Å². The van der Waals surface area contributed by atoms with Gasteiger partial charge in [0.2, 0.25) is 0 Å². The molecule has 0 bridgehead atoms. The molecule has 0 aliphatic heterocycles. The van der Waals surface area contributed by atoms with E-state index in [1.54, 1.807) is 0 Å². The maximum absolute atomic E-state index is 4.50. The molecule has 3 rings (SSSR count). The van der Waals surface area contributed by atoms with Crippen LogP contribution in [0.5, 0.6) is 0 Å². The van der Waals surface area contributed by atoms with Gasteiger partial charge in [-0.2, -0.15) is 0 Å². The quantitative estimate of drug-likeness (QED) is 0.696. The number of hydrogen-bond acceptors (Lipinski definition) is 2. The lowest BCUT2D eigenvalue weighted by molar-refractivity contribution is 1.29. The molecule has 0 atom stereocenters. The highest BCUT2D eigenvalue weighted by molar-refractivity contribution is 5.76. The van der Waals surface area contributed by atoms with Gasteiger partial charge in [-0.15, -0.1) is 0 Å². The van der Waals surface area contributed by atoms with E-state index in [2.05, 4.69) is 45.6 Å². The van der Waals surface area contributed by atoms with Crippen LogP contribution in [0.3, 0.4) is 0 Å². The molecule has 0 unspecified atom stereocenters. The van der Waals surface area contributed by atoms with Crippen LogP contribution in [0.25, 0.3) is 23.2 Å². The summed E-state index contributed by atoms with van der Waals surface area (Å²) >= 11 is 0. The van der Waals surface area contributed by atoms with Crippen LogP contribution in [0, 0.1) is 0 Å². The van der Waals surface area contributed by atoms with Gasteiger partial charge in [0.25, 0.3) is 0 Å². The van der Waals surface area contributed by atoms with Crippen molar-refractivity contribution in [2.24, 2.45) is 0 Å². The Morgan fingerprint density at radius 1 is 0.952 bits per heavy atom. The van der Waals surface area contributed by atoms with Crippen LogP contribution >= 0.6 is 0 Å². The summed E-state index contributed by atoms with van der Waals surface area (Å²) in [4.78, 5) is 7.76.